The SMILES string of the molecule is COc1ccccc1NC(=O)c1nnn(-c2ccc(C(C)C)cc2)c1N. The Balaban J connectivity index is 1.85. The molecule has 0 saturated carbocycles. The summed E-state index contributed by atoms with van der Waals surface area (Å²) in [4.78, 5) is 12.5. The highest BCUT2D eigenvalue weighted by Gasteiger charge is 2.19. The number of hydrogen-bond donors (Lipinski definition) is 2. The molecule has 0 atom stereocenters. The van der Waals surface area contributed by atoms with Gasteiger partial charge in [-0.1, -0.05) is 43.3 Å². The van der Waals surface area contributed by atoms with Crippen LogP contribution in [0.4, 0.5) is 11.5 Å². The molecule has 26 heavy (non-hydrogen) atoms. The number of rotatable bonds is 5. The van der Waals surface area contributed by atoms with Crippen molar-refractivity contribution in [2.75, 3.05) is 18.2 Å². The molecule has 1 aromatic heterocycles. The second-order valence-electron chi connectivity index (χ2n) is 6.14. The van der Waals surface area contributed by atoms with Gasteiger partial charge in [-0.05, 0) is 35.7 Å². The van der Waals surface area contributed by atoms with Crippen molar-refractivity contribution >= 4 is 17.4 Å². The van der Waals surface area contributed by atoms with Crippen LogP contribution in [0.5, 0.6) is 5.75 Å². The molecule has 3 aromatic rings. The Hall–Kier alpha value is -3.35. The fourth-order valence-electron chi connectivity index (χ4n) is 2.57. The molecule has 0 unspecified atom stereocenters. The number of nitrogens with two attached hydrogens (primary N) is 1. The summed E-state index contributed by atoms with van der Waals surface area (Å²) in [5.74, 6) is 0.710. The molecule has 0 aliphatic rings. The molecular formula is C19H21N5O2. The third-order valence-electron chi connectivity index (χ3n) is 4.08. The van der Waals surface area contributed by atoms with Gasteiger partial charge in [0.1, 0.15) is 5.75 Å². The lowest BCUT2D eigenvalue weighted by atomic mass is 10.0. The second kappa shape index (κ2) is 7.26. The Kier molecular flexibility index (Phi) is 4.88. The average Bonchev–Trinajstić information content (AvgIpc) is 3.03. The number of nitrogen functional groups attached to an aromatic ring is 1. The number of nitrogens with zero attached hydrogens (tertiary/aromatic N) is 3. The van der Waals surface area contributed by atoms with E-state index < -0.39 is 5.91 Å². The van der Waals surface area contributed by atoms with Gasteiger partial charge in [0.2, 0.25) is 0 Å². The molecule has 0 aliphatic heterocycles. The summed E-state index contributed by atoms with van der Waals surface area (Å²) in [6.45, 7) is 4.25. The van der Waals surface area contributed by atoms with Gasteiger partial charge in [0.05, 0.1) is 18.5 Å². The number of amides is 1. The molecule has 7 nitrogen and oxygen atoms in total. The van der Waals surface area contributed by atoms with Crippen LogP contribution in [0.3, 0.4) is 0 Å². The van der Waals surface area contributed by atoms with Gasteiger partial charge in [0, 0.05) is 0 Å². The molecule has 0 aliphatic carbocycles. The number of methoxy groups -OCH3 is 1. The van der Waals surface area contributed by atoms with E-state index in [-0.39, 0.29) is 11.5 Å². The maximum atomic E-state index is 12.5. The summed E-state index contributed by atoms with van der Waals surface area (Å²) in [5, 5.41) is 10.7. The first-order chi connectivity index (χ1) is 12.5. The van der Waals surface area contributed by atoms with Crippen molar-refractivity contribution in [2.45, 2.75) is 19.8 Å². The molecule has 0 fully saturated rings. The average molecular weight is 351 g/mol. The Morgan fingerprint density at radius 3 is 2.50 bits per heavy atom. The molecule has 0 spiro atoms. The van der Waals surface area contributed by atoms with Crippen molar-refractivity contribution in [1.29, 1.82) is 0 Å². The van der Waals surface area contributed by atoms with Crippen LogP contribution in [0.2, 0.25) is 0 Å². The Bertz CT molecular complexity index is 916. The van der Waals surface area contributed by atoms with E-state index in [1.807, 2.05) is 30.3 Å². The number of benzene rings is 2. The van der Waals surface area contributed by atoms with Gasteiger partial charge in [-0.3, -0.25) is 4.79 Å². The van der Waals surface area contributed by atoms with Crippen molar-refractivity contribution in [2.24, 2.45) is 0 Å². The predicted octanol–water partition coefficient (Wildman–Crippen LogP) is 3.23. The molecule has 134 valence electrons. The highest BCUT2D eigenvalue weighted by molar-refractivity contribution is 6.06. The molecule has 3 rings (SSSR count). The lowest BCUT2D eigenvalue weighted by molar-refractivity contribution is 0.102. The van der Waals surface area contributed by atoms with E-state index >= 15 is 0 Å². The molecule has 0 saturated heterocycles. The van der Waals surface area contributed by atoms with Gasteiger partial charge in [0.15, 0.2) is 11.5 Å². The normalized spacial score (nSPS) is 10.8. The zero-order valence-corrected chi connectivity index (χ0v) is 14.9. The highest BCUT2D eigenvalue weighted by Crippen LogP contribution is 2.25. The number of nitrogens with one attached hydrogen (secondary N) is 1. The molecule has 1 heterocycles. The first kappa shape index (κ1) is 17.5. The van der Waals surface area contributed by atoms with E-state index in [1.165, 1.54) is 17.4 Å². The quantitative estimate of drug-likeness (QED) is 0.736. The third kappa shape index (κ3) is 3.37. The van der Waals surface area contributed by atoms with Gasteiger partial charge in [0.25, 0.3) is 5.91 Å². The number of carbonyl (C=O) groups is 1. The number of ether oxygens (including phenoxy) is 1. The topological polar surface area (TPSA) is 95.1 Å². The fourth-order valence-corrected chi connectivity index (χ4v) is 2.57. The minimum absolute atomic E-state index is 0.0591. The van der Waals surface area contributed by atoms with Crippen LogP contribution < -0.4 is 15.8 Å². The first-order valence-electron chi connectivity index (χ1n) is 8.27. The van der Waals surface area contributed by atoms with E-state index in [4.69, 9.17) is 10.5 Å². The number of hydrogen-bond acceptors (Lipinski definition) is 5. The monoisotopic (exact) mass is 351 g/mol. The van der Waals surface area contributed by atoms with E-state index in [9.17, 15) is 4.79 Å². The lowest BCUT2D eigenvalue weighted by Crippen LogP contribution is -2.15. The Morgan fingerprint density at radius 2 is 1.85 bits per heavy atom. The largest absolute Gasteiger partial charge is 0.495 e. The van der Waals surface area contributed by atoms with Gasteiger partial charge in [-0.15, -0.1) is 5.10 Å². The van der Waals surface area contributed by atoms with E-state index in [2.05, 4.69) is 29.5 Å². The number of carbonyl (C=O) groups excluding carboxylic acids is 1. The van der Waals surface area contributed by atoms with Crippen molar-refractivity contribution in [3.05, 3.63) is 59.8 Å². The number of para-hydroxylation sites is 2. The molecule has 0 radical (unpaired) electrons. The molecule has 1 amide bonds. The van der Waals surface area contributed by atoms with E-state index in [0.717, 1.165) is 5.69 Å². The van der Waals surface area contributed by atoms with Crippen molar-refractivity contribution in [3.8, 4) is 11.4 Å². The van der Waals surface area contributed by atoms with Crippen LogP contribution in [-0.2, 0) is 0 Å². The predicted molar refractivity (Wildman–Crippen MR) is 101 cm³/mol. The van der Waals surface area contributed by atoms with Crippen LogP contribution in [0, 0.1) is 0 Å². The summed E-state index contributed by atoms with van der Waals surface area (Å²) >= 11 is 0. The zero-order chi connectivity index (χ0) is 18.7. The molecular weight excluding hydrogens is 330 g/mol. The Morgan fingerprint density at radius 1 is 1.15 bits per heavy atom. The summed E-state index contributed by atoms with van der Waals surface area (Å²) < 4.78 is 6.68. The van der Waals surface area contributed by atoms with Crippen molar-refractivity contribution in [3.63, 3.8) is 0 Å². The lowest BCUT2D eigenvalue weighted by Gasteiger charge is -2.09. The molecule has 7 heteroatoms. The van der Waals surface area contributed by atoms with Gasteiger partial charge in [-0.2, -0.15) is 4.68 Å². The van der Waals surface area contributed by atoms with Crippen LogP contribution in [-0.4, -0.2) is 28.0 Å². The van der Waals surface area contributed by atoms with Crippen molar-refractivity contribution in [1.82, 2.24) is 15.0 Å². The summed E-state index contributed by atoms with van der Waals surface area (Å²) in [6.07, 6.45) is 0. The van der Waals surface area contributed by atoms with E-state index in [1.54, 1.807) is 18.2 Å². The summed E-state index contributed by atoms with van der Waals surface area (Å²) in [6, 6.07) is 14.9. The van der Waals surface area contributed by atoms with Crippen LogP contribution in [0.1, 0.15) is 35.8 Å². The summed E-state index contributed by atoms with van der Waals surface area (Å²) in [5.41, 5.74) is 8.66. The standard InChI is InChI=1S/C19H21N5O2/c1-12(2)13-8-10-14(11-9-13)24-18(20)17(22-23-24)19(25)21-15-6-4-5-7-16(15)26-3/h4-12H,20H2,1-3H3,(H,21,25). The van der Waals surface area contributed by atoms with Gasteiger partial charge < -0.3 is 15.8 Å². The van der Waals surface area contributed by atoms with Crippen LogP contribution in [0.15, 0.2) is 48.5 Å². The van der Waals surface area contributed by atoms with Crippen LogP contribution in [0.25, 0.3) is 5.69 Å². The molecule has 0 bridgehead atoms. The molecule has 3 N–H and O–H groups in total. The minimum atomic E-state index is -0.447. The van der Waals surface area contributed by atoms with Crippen molar-refractivity contribution < 1.29 is 9.53 Å². The van der Waals surface area contributed by atoms with E-state index in [0.29, 0.717) is 17.4 Å². The second-order valence-corrected chi connectivity index (χ2v) is 6.14. The van der Waals surface area contributed by atoms with Crippen LogP contribution >= 0.6 is 0 Å². The maximum absolute atomic E-state index is 12.5. The maximum Gasteiger partial charge on any atom is 0.280 e. The van der Waals surface area contributed by atoms with Gasteiger partial charge in [-0.25, -0.2) is 0 Å². The van der Waals surface area contributed by atoms with Gasteiger partial charge >= 0.3 is 0 Å². The molecule has 2 aromatic carbocycles. The zero-order valence-electron chi connectivity index (χ0n) is 14.9. The third-order valence-corrected chi connectivity index (χ3v) is 4.08. The number of anilines is 2. The first-order valence-corrected chi connectivity index (χ1v) is 8.27. The fraction of sp³-hybridized carbons (Fsp3) is 0.211. The summed E-state index contributed by atoms with van der Waals surface area (Å²) in [7, 11) is 1.54. The Labute approximate surface area is 151 Å². The minimum Gasteiger partial charge on any atom is -0.495 e. The smallest absolute Gasteiger partial charge is 0.280 e. The highest BCUT2D eigenvalue weighted by atomic mass is 16.5. The number of aromatic nitrogens is 3.